The normalized spacial score (nSPS) is 16.4. The first kappa shape index (κ1) is 41.0. The number of carboxylic acid groups (broad SMARTS) is 1. The molecule has 0 aromatic heterocycles. The number of carboxylic acids is 1. The lowest BCUT2D eigenvalue weighted by Gasteiger charge is -2.30. The van der Waals surface area contributed by atoms with E-state index in [-0.39, 0.29) is 75.3 Å². The smallest absolute Gasteiger partial charge is 0.326 e. The number of hydrogen-bond donors (Lipinski definition) is 10. The van der Waals surface area contributed by atoms with Crippen LogP contribution in [0.2, 0.25) is 0 Å². The number of likely N-dealkylation sites (tertiary alicyclic amines) is 1. The number of aromatic hydroxyl groups is 1. The molecule has 0 aliphatic carbocycles. The minimum Gasteiger partial charge on any atom is -0.508 e. The molecule has 0 unspecified atom stereocenters. The molecule has 18 nitrogen and oxygen atoms in total. The summed E-state index contributed by atoms with van der Waals surface area (Å²) in [7, 11) is 0. The van der Waals surface area contributed by atoms with Crippen LogP contribution >= 0.6 is 0 Å². The summed E-state index contributed by atoms with van der Waals surface area (Å²) in [5.41, 5.74) is 28.2. The van der Waals surface area contributed by atoms with Crippen LogP contribution in [0.3, 0.4) is 0 Å². The Morgan fingerprint density at radius 1 is 0.860 bits per heavy atom. The van der Waals surface area contributed by atoms with Crippen LogP contribution in [-0.4, -0.2) is 106 Å². The molecule has 18 heteroatoms. The predicted octanol–water partition coefficient (Wildman–Crippen LogP) is -2.05. The number of nitrogens with one attached hydrogen (secondary N) is 3. The van der Waals surface area contributed by atoms with Crippen molar-refractivity contribution in [2.45, 2.75) is 95.4 Å². The highest BCUT2D eigenvalue weighted by Crippen LogP contribution is 2.21. The molecule has 0 bridgehead atoms. The van der Waals surface area contributed by atoms with Gasteiger partial charge in [0.2, 0.25) is 23.6 Å². The van der Waals surface area contributed by atoms with Gasteiger partial charge >= 0.3 is 5.97 Å². The Kier molecular flexibility index (Phi) is 16.7. The SMILES string of the molecule is CC(C)C[C@H](NC(=O)[C@H](Cc1ccc(O)cc1)NC(=O)[C@@H]1CCCN1C(=O)[C@H](CCCN=C(N)N)NC(=O)[C@@H](N)CCCN=C(N)N)C(=O)O. The molecule has 2 rings (SSSR count). The van der Waals surface area contributed by atoms with Crippen molar-refractivity contribution in [3.8, 4) is 5.75 Å². The van der Waals surface area contributed by atoms with Gasteiger partial charge in [0.25, 0.3) is 0 Å². The van der Waals surface area contributed by atoms with Crippen molar-refractivity contribution >= 4 is 41.5 Å². The van der Waals surface area contributed by atoms with Crippen molar-refractivity contribution in [1.29, 1.82) is 0 Å². The summed E-state index contributed by atoms with van der Waals surface area (Å²) >= 11 is 0. The van der Waals surface area contributed by atoms with Crippen molar-refractivity contribution in [1.82, 2.24) is 20.9 Å². The number of amides is 4. The van der Waals surface area contributed by atoms with E-state index in [1.165, 1.54) is 17.0 Å². The van der Waals surface area contributed by atoms with Crippen LogP contribution in [0.15, 0.2) is 34.3 Å². The fraction of sp³-hybridized carbons (Fsp3) is 0.594. The molecule has 4 amide bonds. The standard InChI is InChI=1S/C32H53N11O7/c1-18(2)16-24(30(49)50)42-27(46)23(17-19-9-11-20(44)12-10-19)41-28(47)25-8-5-15-43(25)29(48)22(7-4-14-39-32(36)37)40-26(45)21(33)6-3-13-38-31(34)35/h9-12,18,21-25,44H,3-8,13-17,33H2,1-2H3,(H,40,45)(H,41,47)(H,42,46)(H,49,50)(H4,34,35,38)(H4,36,37,39)/t21-,22-,23-,24-,25-/m0/s1. The number of carbonyl (C=O) groups excluding carboxylic acids is 4. The Morgan fingerprint density at radius 2 is 1.44 bits per heavy atom. The maximum Gasteiger partial charge on any atom is 0.326 e. The monoisotopic (exact) mass is 703 g/mol. The van der Waals surface area contributed by atoms with E-state index < -0.39 is 59.8 Å². The van der Waals surface area contributed by atoms with Crippen LogP contribution in [0.25, 0.3) is 0 Å². The van der Waals surface area contributed by atoms with Crippen molar-refractivity contribution in [2.24, 2.45) is 44.6 Å². The second-order valence-corrected chi connectivity index (χ2v) is 12.7. The molecular weight excluding hydrogens is 650 g/mol. The van der Waals surface area contributed by atoms with Crippen molar-refractivity contribution in [3.05, 3.63) is 29.8 Å². The van der Waals surface area contributed by atoms with Gasteiger partial charge in [-0.25, -0.2) is 4.79 Å². The van der Waals surface area contributed by atoms with E-state index in [1.54, 1.807) is 12.1 Å². The van der Waals surface area contributed by atoms with E-state index in [0.717, 1.165) is 0 Å². The highest BCUT2D eigenvalue weighted by molar-refractivity contribution is 5.96. The summed E-state index contributed by atoms with van der Waals surface area (Å²) in [5, 5.41) is 27.4. The zero-order valence-corrected chi connectivity index (χ0v) is 28.7. The Morgan fingerprint density at radius 3 is 2.00 bits per heavy atom. The summed E-state index contributed by atoms with van der Waals surface area (Å²) in [6.45, 7) is 4.33. The van der Waals surface area contributed by atoms with Crippen LogP contribution in [0.4, 0.5) is 0 Å². The summed E-state index contributed by atoms with van der Waals surface area (Å²) in [4.78, 5) is 75.3. The van der Waals surface area contributed by atoms with E-state index in [4.69, 9.17) is 28.7 Å². The van der Waals surface area contributed by atoms with Gasteiger partial charge in [0.1, 0.15) is 29.9 Å². The number of aliphatic carboxylic acids is 1. The van der Waals surface area contributed by atoms with Crippen LogP contribution in [0.5, 0.6) is 5.75 Å². The van der Waals surface area contributed by atoms with Crippen LogP contribution < -0.4 is 44.6 Å². The van der Waals surface area contributed by atoms with Gasteiger partial charge < -0.3 is 59.7 Å². The van der Waals surface area contributed by atoms with Crippen LogP contribution in [0, 0.1) is 5.92 Å². The minimum absolute atomic E-state index is 0.00798. The number of nitrogens with two attached hydrogens (primary N) is 5. The van der Waals surface area contributed by atoms with Gasteiger partial charge in [-0.1, -0.05) is 26.0 Å². The van der Waals surface area contributed by atoms with E-state index >= 15 is 0 Å². The fourth-order valence-electron chi connectivity index (χ4n) is 5.50. The van der Waals surface area contributed by atoms with Crippen LogP contribution in [-0.2, 0) is 30.4 Å². The third-order valence-electron chi connectivity index (χ3n) is 8.03. The number of nitrogens with zero attached hydrogens (tertiary/aromatic N) is 3. The molecule has 1 aromatic rings. The highest BCUT2D eigenvalue weighted by Gasteiger charge is 2.39. The average Bonchev–Trinajstić information content (AvgIpc) is 3.54. The quantitative estimate of drug-likeness (QED) is 0.0398. The zero-order valence-electron chi connectivity index (χ0n) is 28.7. The Labute approximate surface area is 291 Å². The van der Waals surface area contributed by atoms with Gasteiger partial charge in [-0.2, -0.15) is 0 Å². The van der Waals surface area contributed by atoms with Crippen molar-refractivity contribution < 1.29 is 34.2 Å². The maximum absolute atomic E-state index is 13.9. The molecule has 0 saturated carbocycles. The molecule has 0 spiro atoms. The molecule has 5 atom stereocenters. The summed E-state index contributed by atoms with van der Waals surface area (Å²) in [6.07, 6.45) is 2.06. The molecular formula is C32H53N11O7. The predicted molar refractivity (Wildman–Crippen MR) is 187 cm³/mol. The van der Waals surface area contributed by atoms with Gasteiger partial charge in [-0.15, -0.1) is 0 Å². The molecule has 1 aliphatic rings. The zero-order chi connectivity index (χ0) is 37.4. The number of phenols is 1. The third-order valence-corrected chi connectivity index (χ3v) is 8.03. The van der Waals surface area contributed by atoms with E-state index in [2.05, 4.69) is 25.9 Å². The first-order valence-electron chi connectivity index (χ1n) is 16.7. The van der Waals surface area contributed by atoms with Gasteiger partial charge in [0.05, 0.1) is 6.04 Å². The van der Waals surface area contributed by atoms with Gasteiger partial charge in [-0.3, -0.25) is 29.2 Å². The number of aliphatic imine (C=N–C) groups is 2. The molecule has 0 radical (unpaired) electrons. The molecule has 1 aliphatic heterocycles. The molecule has 1 aromatic carbocycles. The molecule has 278 valence electrons. The van der Waals surface area contributed by atoms with Crippen molar-refractivity contribution in [3.63, 3.8) is 0 Å². The average molecular weight is 704 g/mol. The molecule has 1 heterocycles. The lowest BCUT2D eigenvalue weighted by atomic mass is 10.0. The van der Waals surface area contributed by atoms with Gasteiger partial charge in [0.15, 0.2) is 11.9 Å². The first-order chi connectivity index (χ1) is 23.6. The second-order valence-electron chi connectivity index (χ2n) is 12.7. The summed E-state index contributed by atoms with van der Waals surface area (Å²) in [6, 6.07) is 0.636. The number of rotatable bonds is 20. The maximum atomic E-state index is 13.9. The number of benzene rings is 1. The minimum atomic E-state index is -1.21. The molecule has 15 N–H and O–H groups in total. The number of guanidine groups is 2. The van der Waals surface area contributed by atoms with E-state index in [9.17, 15) is 34.2 Å². The van der Waals surface area contributed by atoms with Gasteiger partial charge in [0, 0.05) is 26.1 Å². The topological polar surface area (TPSA) is 320 Å². The Bertz CT molecular complexity index is 1360. The fourth-order valence-corrected chi connectivity index (χ4v) is 5.50. The Balaban J connectivity index is 2.26. The number of carbonyl (C=O) groups is 5. The van der Waals surface area contributed by atoms with Crippen molar-refractivity contribution in [2.75, 3.05) is 19.6 Å². The van der Waals surface area contributed by atoms with E-state index in [1.807, 2.05) is 13.8 Å². The third kappa shape index (κ3) is 14.2. The lowest BCUT2D eigenvalue weighted by molar-refractivity contribution is -0.143. The number of phenolic OH excluding ortho intramolecular Hbond substituents is 1. The van der Waals surface area contributed by atoms with Gasteiger partial charge in [-0.05, 0) is 68.6 Å². The van der Waals surface area contributed by atoms with Crippen LogP contribution in [0.1, 0.15) is 64.4 Å². The largest absolute Gasteiger partial charge is 0.508 e. The Hall–Kier alpha value is -5.13. The summed E-state index contributed by atoms with van der Waals surface area (Å²) in [5.74, 6) is -3.87. The lowest BCUT2D eigenvalue weighted by Crippen LogP contribution is -2.58. The number of hydrogen-bond acceptors (Lipinski definition) is 9. The summed E-state index contributed by atoms with van der Waals surface area (Å²) < 4.78 is 0. The first-order valence-corrected chi connectivity index (χ1v) is 16.7. The second kappa shape index (κ2) is 20.4. The molecule has 1 fully saturated rings. The highest BCUT2D eigenvalue weighted by atomic mass is 16.4. The molecule has 1 saturated heterocycles. The van der Waals surface area contributed by atoms with E-state index in [0.29, 0.717) is 24.8 Å². The molecule has 50 heavy (non-hydrogen) atoms.